The van der Waals surface area contributed by atoms with Crippen LogP contribution in [-0.4, -0.2) is 31.5 Å². The van der Waals surface area contributed by atoms with Crippen molar-refractivity contribution in [1.29, 1.82) is 0 Å². The Bertz CT molecular complexity index is 1110. The van der Waals surface area contributed by atoms with Crippen LogP contribution in [0.3, 0.4) is 0 Å². The van der Waals surface area contributed by atoms with Crippen molar-refractivity contribution in [3.05, 3.63) is 65.2 Å². The third-order valence-electron chi connectivity index (χ3n) is 5.00. The number of nitrogens with one attached hydrogen (secondary N) is 1. The van der Waals surface area contributed by atoms with Crippen LogP contribution in [0.4, 0.5) is 5.82 Å². The molecule has 0 aliphatic heterocycles. The van der Waals surface area contributed by atoms with Gasteiger partial charge in [-0.3, -0.25) is 0 Å². The number of unbranched alkanes of at least 4 members (excludes halogenated alkanes) is 3. The second-order valence-electron chi connectivity index (χ2n) is 7.26. The summed E-state index contributed by atoms with van der Waals surface area (Å²) in [4.78, 5) is 9.56. The van der Waals surface area contributed by atoms with Gasteiger partial charge in [0.15, 0.2) is 22.8 Å². The number of hydrogen-bond donors (Lipinski definition) is 1. The van der Waals surface area contributed by atoms with Crippen LogP contribution >= 0.6 is 11.6 Å². The lowest BCUT2D eigenvalue weighted by Crippen LogP contribution is -2.07. The van der Waals surface area contributed by atoms with Crippen molar-refractivity contribution in [2.45, 2.75) is 39.2 Å². The first kappa shape index (κ1) is 20.3. The van der Waals surface area contributed by atoms with Gasteiger partial charge in [-0.1, -0.05) is 91.5 Å². The number of nitrogens with zero attached hydrogens (tertiary/aromatic N) is 5. The molecule has 7 heteroatoms. The predicted molar refractivity (Wildman–Crippen MR) is 122 cm³/mol. The molecule has 0 amide bonds. The standard InChI is InChI=1S/C23H25ClN6/c1-2-3-4-10-15-25-22-20-23(27-21(26-22)17-11-6-5-7-12-17)30(29-28-20)16-18-13-8-9-14-19(18)24/h5-9,11-14H,2-4,10,15-16H2,1H3,(H,25,26,27). The summed E-state index contributed by atoms with van der Waals surface area (Å²) in [6.07, 6.45) is 4.74. The van der Waals surface area contributed by atoms with Crippen LogP contribution in [0.15, 0.2) is 54.6 Å². The van der Waals surface area contributed by atoms with Crippen LogP contribution in [0.2, 0.25) is 5.02 Å². The molecule has 154 valence electrons. The van der Waals surface area contributed by atoms with E-state index in [1.165, 1.54) is 19.3 Å². The highest BCUT2D eigenvalue weighted by molar-refractivity contribution is 6.31. The molecule has 1 N–H and O–H groups in total. The molecule has 0 aliphatic carbocycles. The Morgan fingerprint density at radius 1 is 0.933 bits per heavy atom. The van der Waals surface area contributed by atoms with E-state index in [1.54, 1.807) is 4.68 Å². The van der Waals surface area contributed by atoms with E-state index in [9.17, 15) is 0 Å². The van der Waals surface area contributed by atoms with Gasteiger partial charge in [0.25, 0.3) is 0 Å². The first-order valence-electron chi connectivity index (χ1n) is 10.4. The minimum atomic E-state index is 0.497. The van der Waals surface area contributed by atoms with E-state index < -0.39 is 0 Å². The first-order valence-corrected chi connectivity index (χ1v) is 10.8. The summed E-state index contributed by atoms with van der Waals surface area (Å²) in [5, 5.41) is 12.9. The van der Waals surface area contributed by atoms with E-state index in [0.717, 1.165) is 29.9 Å². The molecule has 0 spiro atoms. The Morgan fingerprint density at radius 2 is 1.73 bits per heavy atom. The highest BCUT2D eigenvalue weighted by atomic mass is 35.5. The summed E-state index contributed by atoms with van der Waals surface area (Å²) in [6.45, 7) is 3.56. The Hall–Kier alpha value is -2.99. The number of hydrogen-bond acceptors (Lipinski definition) is 5. The van der Waals surface area contributed by atoms with E-state index in [-0.39, 0.29) is 0 Å². The van der Waals surface area contributed by atoms with Gasteiger partial charge < -0.3 is 5.32 Å². The van der Waals surface area contributed by atoms with Gasteiger partial charge in [0.1, 0.15) is 0 Å². The molecule has 6 nitrogen and oxygen atoms in total. The van der Waals surface area contributed by atoms with Crippen molar-refractivity contribution in [1.82, 2.24) is 25.0 Å². The topological polar surface area (TPSA) is 68.5 Å². The molecule has 2 aromatic carbocycles. The van der Waals surface area contributed by atoms with Gasteiger partial charge in [0.2, 0.25) is 0 Å². The van der Waals surface area contributed by atoms with E-state index in [2.05, 4.69) is 22.6 Å². The summed E-state index contributed by atoms with van der Waals surface area (Å²) in [7, 11) is 0. The number of halogens is 1. The summed E-state index contributed by atoms with van der Waals surface area (Å²) in [6, 6.07) is 17.7. The van der Waals surface area contributed by atoms with Crippen molar-refractivity contribution < 1.29 is 0 Å². The Morgan fingerprint density at radius 3 is 2.53 bits per heavy atom. The van der Waals surface area contributed by atoms with Gasteiger partial charge in [0, 0.05) is 17.1 Å². The fourth-order valence-electron chi connectivity index (χ4n) is 3.35. The van der Waals surface area contributed by atoms with Crippen molar-refractivity contribution in [2.24, 2.45) is 0 Å². The lowest BCUT2D eigenvalue weighted by Gasteiger charge is -2.09. The average molecular weight is 421 g/mol. The van der Waals surface area contributed by atoms with E-state index >= 15 is 0 Å². The molecule has 2 heterocycles. The van der Waals surface area contributed by atoms with Crippen LogP contribution in [0.1, 0.15) is 38.2 Å². The number of aromatic nitrogens is 5. The number of anilines is 1. The highest BCUT2D eigenvalue weighted by Crippen LogP contribution is 2.25. The van der Waals surface area contributed by atoms with Crippen LogP contribution in [0, 0.1) is 0 Å². The number of fused-ring (bicyclic) bond motifs is 1. The molecular formula is C23H25ClN6. The maximum Gasteiger partial charge on any atom is 0.184 e. The average Bonchev–Trinajstić information content (AvgIpc) is 3.18. The first-order chi connectivity index (χ1) is 14.8. The van der Waals surface area contributed by atoms with Crippen molar-refractivity contribution in [3.63, 3.8) is 0 Å². The second kappa shape index (κ2) is 9.67. The van der Waals surface area contributed by atoms with Crippen molar-refractivity contribution >= 4 is 28.6 Å². The molecule has 0 saturated heterocycles. The van der Waals surface area contributed by atoms with Gasteiger partial charge in [-0.15, -0.1) is 5.10 Å². The SMILES string of the molecule is CCCCCCNc1nc(-c2ccccc2)nc2c1nnn2Cc1ccccc1Cl. The molecule has 0 bridgehead atoms. The summed E-state index contributed by atoms with van der Waals surface area (Å²) >= 11 is 6.35. The maximum atomic E-state index is 6.35. The Labute approximate surface area is 181 Å². The van der Waals surface area contributed by atoms with Crippen LogP contribution in [-0.2, 0) is 6.54 Å². The third kappa shape index (κ3) is 4.60. The van der Waals surface area contributed by atoms with E-state index in [1.807, 2.05) is 54.6 Å². The molecule has 0 saturated carbocycles. The van der Waals surface area contributed by atoms with E-state index in [0.29, 0.717) is 28.6 Å². The highest BCUT2D eigenvalue weighted by Gasteiger charge is 2.16. The molecule has 0 fully saturated rings. The van der Waals surface area contributed by atoms with Gasteiger partial charge in [-0.25, -0.2) is 14.6 Å². The molecule has 0 unspecified atom stereocenters. The molecule has 0 aliphatic rings. The lowest BCUT2D eigenvalue weighted by molar-refractivity contribution is 0.664. The molecular weight excluding hydrogens is 396 g/mol. The summed E-state index contributed by atoms with van der Waals surface area (Å²) in [5.41, 5.74) is 3.30. The molecule has 4 rings (SSSR count). The zero-order valence-corrected chi connectivity index (χ0v) is 17.8. The predicted octanol–water partition coefficient (Wildman–Crippen LogP) is 5.58. The van der Waals surface area contributed by atoms with Crippen LogP contribution < -0.4 is 5.32 Å². The Balaban J connectivity index is 1.70. The number of rotatable bonds is 9. The summed E-state index contributed by atoms with van der Waals surface area (Å²) < 4.78 is 1.78. The molecule has 2 aromatic heterocycles. The minimum Gasteiger partial charge on any atom is -0.368 e. The molecule has 30 heavy (non-hydrogen) atoms. The van der Waals surface area contributed by atoms with Gasteiger partial charge in [-0.05, 0) is 18.1 Å². The molecule has 4 aromatic rings. The maximum absolute atomic E-state index is 6.35. The number of benzene rings is 2. The quantitative estimate of drug-likeness (QED) is 0.358. The van der Waals surface area contributed by atoms with Crippen molar-refractivity contribution in [3.8, 4) is 11.4 Å². The fraction of sp³-hybridized carbons (Fsp3) is 0.304. The monoisotopic (exact) mass is 420 g/mol. The molecule has 0 radical (unpaired) electrons. The largest absolute Gasteiger partial charge is 0.368 e. The third-order valence-corrected chi connectivity index (χ3v) is 5.36. The second-order valence-corrected chi connectivity index (χ2v) is 7.67. The smallest absolute Gasteiger partial charge is 0.184 e. The van der Waals surface area contributed by atoms with Gasteiger partial charge in [-0.2, -0.15) is 0 Å². The zero-order chi connectivity index (χ0) is 20.8. The van der Waals surface area contributed by atoms with Crippen LogP contribution in [0.5, 0.6) is 0 Å². The van der Waals surface area contributed by atoms with E-state index in [4.69, 9.17) is 21.6 Å². The van der Waals surface area contributed by atoms with Crippen LogP contribution in [0.25, 0.3) is 22.6 Å². The van der Waals surface area contributed by atoms with Gasteiger partial charge in [0.05, 0.1) is 6.54 Å². The van der Waals surface area contributed by atoms with Gasteiger partial charge >= 0.3 is 0 Å². The zero-order valence-electron chi connectivity index (χ0n) is 17.1. The molecule has 0 atom stereocenters. The normalized spacial score (nSPS) is 11.1. The minimum absolute atomic E-state index is 0.497. The Kier molecular flexibility index (Phi) is 6.54. The lowest BCUT2D eigenvalue weighted by atomic mass is 10.2. The van der Waals surface area contributed by atoms with Crippen molar-refractivity contribution in [2.75, 3.05) is 11.9 Å². The summed E-state index contributed by atoms with van der Waals surface area (Å²) in [5.74, 6) is 1.38. The fourth-order valence-corrected chi connectivity index (χ4v) is 3.54.